The highest BCUT2D eigenvalue weighted by Crippen LogP contribution is 2.28. The Balaban J connectivity index is 1.78. The molecule has 132 valence electrons. The second-order valence-electron chi connectivity index (χ2n) is 7.09. The van der Waals surface area contributed by atoms with Crippen LogP contribution in [0, 0.1) is 0 Å². The first kappa shape index (κ1) is 17.2. The van der Waals surface area contributed by atoms with Crippen molar-refractivity contribution in [2.75, 3.05) is 45.7 Å². The van der Waals surface area contributed by atoms with E-state index < -0.39 is 0 Å². The zero-order chi connectivity index (χ0) is 17.1. The van der Waals surface area contributed by atoms with Gasteiger partial charge in [0.1, 0.15) is 0 Å². The third kappa shape index (κ3) is 3.57. The summed E-state index contributed by atoms with van der Waals surface area (Å²) < 4.78 is 5.58. The Bertz CT molecular complexity index is 569. The van der Waals surface area contributed by atoms with Gasteiger partial charge in [0.2, 0.25) is 5.91 Å². The number of nitrogens with zero attached hydrogens (tertiary/aromatic N) is 3. The largest absolute Gasteiger partial charge is 0.380 e. The summed E-state index contributed by atoms with van der Waals surface area (Å²) in [5, 5.41) is 0. The van der Waals surface area contributed by atoms with Crippen molar-refractivity contribution in [2.45, 2.75) is 38.0 Å². The number of carbonyl (C=O) groups excluding carboxylic acids is 1. The molecule has 0 aliphatic carbocycles. The molecule has 2 aliphatic heterocycles. The van der Waals surface area contributed by atoms with Gasteiger partial charge in [0, 0.05) is 53.1 Å². The van der Waals surface area contributed by atoms with Gasteiger partial charge >= 0.3 is 0 Å². The van der Waals surface area contributed by atoms with Crippen molar-refractivity contribution in [3.63, 3.8) is 0 Å². The predicted octanol–water partition coefficient (Wildman–Crippen LogP) is 1.96. The second kappa shape index (κ2) is 7.53. The van der Waals surface area contributed by atoms with Crippen molar-refractivity contribution in [2.24, 2.45) is 0 Å². The smallest absolute Gasteiger partial charge is 0.240 e. The molecular weight excluding hydrogens is 302 g/mol. The number of benzene rings is 1. The van der Waals surface area contributed by atoms with E-state index >= 15 is 0 Å². The summed E-state index contributed by atoms with van der Waals surface area (Å²) >= 11 is 0. The van der Waals surface area contributed by atoms with E-state index in [0.717, 1.165) is 45.4 Å². The molecule has 0 bridgehead atoms. The summed E-state index contributed by atoms with van der Waals surface area (Å²) in [7, 11) is 5.88. The molecule has 0 radical (unpaired) electrons. The summed E-state index contributed by atoms with van der Waals surface area (Å²) in [5.41, 5.74) is 2.48. The Labute approximate surface area is 145 Å². The van der Waals surface area contributed by atoms with Crippen LogP contribution < -0.4 is 4.90 Å². The van der Waals surface area contributed by atoms with Crippen molar-refractivity contribution >= 4 is 11.6 Å². The number of amides is 1. The molecule has 2 aliphatic rings. The number of ether oxygens (including phenoxy) is 1. The molecule has 0 unspecified atom stereocenters. The molecule has 1 aromatic carbocycles. The van der Waals surface area contributed by atoms with Crippen LogP contribution in [0.3, 0.4) is 0 Å². The molecule has 2 saturated heterocycles. The van der Waals surface area contributed by atoms with Gasteiger partial charge in [0.25, 0.3) is 0 Å². The highest BCUT2D eigenvalue weighted by molar-refractivity contribution is 5.82. The number of methoxy groups -OCH3 is 1. The van der Waals surface area contributed by atoms with Crippen LogP contribution in [0.5, 0.6) is 0 Å². The van der Waals surface area contributed by atoms with Crippen molar-refractivity contribution < 1.29 is 9.53 Å². The summed E-state index contributed by atoms with van der Waals surface area (Å²) in [5.74, 6) is 0.286. The van der Waals surface area contributed by atoms with Crippen LogP contribution >= 0.6 is 0 Å². The minimum atomic E-state index is -0.0525. The van der Waals surface area contributed by atoms with E-state index in [-0.39, 0.29) is 18.1 Å². The number of rotatable bonds is 5. The van der Waals surface area contributed by atoms with Crippen LogP contribution in [0.2, 0.25) is 0 Å². The third-order valence-electron chi connectivity index (χ3n) is 5.25. The summed E-state index contributed by atoms with van der Waals surface area (Å²) in [6, 6.07) is 8.38. The third-order valence-corrected chi connectivity index (χ3v) is 5.25. The number of anilines is 1. The Morgan fingerprint density at radius 2 is 1.96 bits per heavy atom. The fourth-order valence-corrected chi connectivity index (χ4v) is 3.91. The fraction of sp³-hybridized carbons (Fsp3) is 0.632. The van der Waals surface area contributed by atoms with Gasteiger partial charge in [-0.05, 0) is 30.9 Å². The monoisotopic (exact) mass is 331 g/mol. The number of carbonyl (C=O) groups is 1. The van der Waals surface area contributed by atoms with E-state index in [1.165, 1.54) is 11.3 Å². The Hall–Kier alpha value is -1.59. The van der Waals surface area contributed by atoms with Gasteiger partial charge in [-0.2, -0.15) is 0 Å². The van der Waals surface area contributed by atoms with Crippen molar-refractivity contribution in [1.29, 1.82) is 0 Å². The van der Waals surface area contributed by atoms with E-state index in [1.807, 2.05) is 4.90 Å². The van der Waals surface area contributed by atoms with E-state index in [0.29, 0.717) is 0 Å². The van der Waals surface area contributed by atoms with Crippen molar-refractivity contribution in [3.8, 4) is 0 Å². The average molecular weight is 331 g/mol. The zero-order valence-corrected chi connectivity index (χ0v) is 15.1. The van der Waals surface area contributed by atoms with Gasteiger partial charge in [-0.25, -0.2) is 0 Å². The molecule has 0 spiro atoms. The van der Waals surface area contributed by atoms with Gasteiger partial charge < -0.3 is 14.5 Å². The SMILES string of the molecule is CO[C@H]1C[C@@H](C(=O)N2CCCC2)N(Cc2ccccc2N(C)C)C1. The molecule has 0 aromatic heterocycles. The lowest BCUT2D eigenvalue weighted by Crippen LogP contribution is -2.44. The summed E-state index contributed by atoms with van der Waals surface area (Å²) in [4.78, 5) is 19.4. The highest BCUT2D eigenvalue weighted by Gasteiger charge is 2.39. The molecule has 2 fully saturated rings. The lowest BCUT2D eigenvalue weighted by atomic mass is 10.1. The number of hydrogen-bond acceptors (Lipinski definition) is 4. The lowest BCUT2D eigenvalue weighted by molar-refractivity contribution is -0.135. The molecule has 3 rings (SSSR count). The quantitative estimate of drug-likeness (QED) is 0.826. The van der Waals surface area contributed by atoms with Gasteiger partial charge in [0.15, 0.2) is 0 Å². The van der Waals surface area contributed by atoms with Crippen LogP contribution in [-0.2, 0) is 16.1 Å². The minimum absolute atomic E-state index is 0.0525. The molecule has 2 heterocycles. The standard InChI is InChI=1S/C19H29N3O2/c1-20(2)17-9-5-4-8-15(17)13-22-14-16(24-3)12-18(22)19(23)21-10-6-7-11-21/h4-5,8-9,16,18H,6-7,10-14H2,1-3H3/t16-,18-/m0/s1. The number of para-hydroxylation sites is 1. The van der Waals surface area contributed by atoms with Gasteiger partial charge in [0.05, 0.1) is 12.1 Å². The topological polar surface area (TPSA) is 36.0 Å². The highest BCUT2D eigenvalue weighted by atomic mass is 16.5. The van der Waals surface area contributed by atoms with Crippen LogP contribution in [0.15, 0.2) is 24.3 Å². The minimum Gasteiger partial charge on any atom is -0.380 e. The number of likely N-dealkylation sites (tertiary alicyclic amines) is 2. The molecule has 5 nitrogen and oxygen atoms in total. The first-order chi connectivity index (χ1) is 11.6. The van der Waals surface area contributed by atoms with Gasteiger partial charge in [-0.1, -0.05) is 18.2 Å². The Kier molecular flexibility index (Phi) is 5.41. The summed E-state index contributed by atoms with van der Waals surface area (Å²) in [6.07, 6.45) is 3.22. The molecule has 0 N–H and O–H groups in total. The first-order valence-electron chi connectivity index (χ1n) is 8.91. The number of hydrogen-bond donors (Lipinski definition) is 0. The maximum absolute atomic E-state index is 12.9. The molecule has 24 heavy (non-hydrogen) atoms. The molecule has 2 atom stereocenters. The van der Waals surface area contributed by atoms with Crippen LogP contribution in [-0.4, -0.2) is 68.7 Å². The van der Waals surface area contributed by atoms with E-state index in [2.05, 4.69) is 48.2 Å². The van der Waals surface area contributed by atoms with Crippen LogP contribution in [0.1, 0.15) is 24.8 Å². The van der Waals surface area contributed by atoms with Crippen LogP contribution in [0.4, 0.5) is 5.69 Å². The maximum atomic E-state index is 12.9. The van der Waals surface area contributed by atoms with Crippen molar-refractivity contribution in [3.05, 3.63) is 29.8 Å². The molecule has 5 heteroatoms. The van der Waals surface area contributed by atoms with Crippen LogP contribution in [0.25, 0.3) is 0 Å². The second-order valence-corrected chi connectivity index (χ2v) is 7.09. The van der Waals surface area contributed by atoms with E-state index in [1.54, 1.807) is 7.11 Å². The molecular formula is C19H29N3O2. The van der Waals surface area contributed by atoms with Crippen molar-refractivity contribution in [1.82, 2.24) is 9.80 Å². The fourth-order valence-electron chi connectivity index (χ4n) is 3.91. The Morgan fingerprint density at radius 3 is 2.62 bits per heavy atom. The predicted molar refractivity (Wildman–Crippen MR) is 96.2 cm³/mol. The normalized spacial score (nSPS) is 24.5. The lowest BCUT2D eigenvalue weighted by Gasteiger charge is -2.28. The zero-order valence-electron chi connectivity index (χ0n) is 15.1. The van der Waals surface area contributed by atoms with Gasteiger partial charge in [-0.15, -0.1) is 0 Å². The molecule has 1 amide bonds. The molecule has 1 aromatic rings. The average Bonchev–Trinajstić information content (AvgIpc) is 3.24. The summed E-state index contributed by atoms with van der Waals surface area (Å²) in [6.45, 7) is 3.44. The van der Waals surface area contributed by atoms with E-state index in [9.17, 15) is 4.79 Å². The molecule has 0 saturated carbocycles. The Morgan fingerprint density at radius 1 is 1.25 bits per heavy atom. The first-order valence-corrected chi connectivity index (χ1v) is 8.91. The maximum Gasteiger partial charge on any atom is 0.240 e. The van der Waals surface area contributed by atoms with E-state index in [4.69, 9.17) is 4.74 Å². The van der Waals surface area contributed by atoms with Gasteiger partial charge in [-0.3, -0.25) is 9.69 Å².